The molecule has 0 heterocycles. The highest BCUT2D eigenvalue weighted by Crippen LogP contribution is 2.18. The van der Waals surface area contributed by atoms with Gasteiger partial charge in [0.05, 0.1) is 14.2 Å². The number of ether oxygens (including phenoxy) is 3. The summed E-state index contributed by atoms with van der Waals surface area (Å²) in [5.74, 6) is -2.17. The van der Waals surface area contributed by atoms with Gasteiger partial charge < -0.3 is 24.4 Å². The summed E-state index contributed by atoms with van der Waals surface area (Å²) < 4.78 is 16.0. The predicted octanol–water partition coefficient (Wildman–Crippen LogP) is 3.12. The van der Waals surface area contributed by atoms with Crippen LogP contribution in [0.4, 0.5) is 0 Å². The van der Waals surface area contributed by atoms with Crippen LogP contribution in [0.25, 0.3) is 0 Å². The summed E-state index contributed by atoms with van der Waals surface area (Å²) in [5, 5.41) is 2.80. The van der Waals surface area contributed by atoms with E-state index >= 15 is 0 Å². The number of carbonyl (C=O) groups is 4. The molecule has 236 valence electrons. The van der Waals surface area contributed by atoms with E-state index in [1.165, 1.54) is 19.1 Å². The fraction of sp³-hybridized carbons (Fsp3) is 0.515. The van der Waals surface area contributed by atoms with Crippen LogP contribution in [-0.2, 0) is 41.5 Å². The highest BCUT2D eigenvalue weighted by atomic mass is 16.6. The molecule has 2 aromatic carbocycles. The Kier molecular flexibility index (Phi) is 13.7. The summed E-state index contributed by atoms with van der Waals surface area (Å²) in [6.07, 6.45) is -0.502. The van der Waals surface area contributed by atoms with Crippen molar-refractivity contribution in [3.63, 3.8) is 0 Å². The molecule has 0 bridgehead atoms. The molecular formula is C33H47N3O7. The Morgan fingerprint density at radius 2 is 1.30 bits per heavy atom. The highest BCUT2D eigenvalue weighted by Gasteiger charge is 2.37. The number of amides is 2. The molecule has 1 unspecified atom stereocenters. The van der Waals surface area contributed by atoms with Gasteiger partial charge in [0.15, 0.2) is 6.10 Å². The van der Waals surface area contributed by atoms with Crippen LogP contribution in [0.3, 0.4) is 0 Å². The first-order chi connectivity index (χ1) is 20.3. The number of benzene rings is 2. The van der Waals surface area contributed by atoms with Crippen molar-refractivity contribution < 1.29 is 33.4 Å². The number of nitrogens with one attached hydrogen (secondary N) is 1. The molecule has 10 heteroatoms. The zero-order valence-electron chi connectivity index (χ0n) is 26.8. The second-order valence-electron chi connectivity index (χ2n) is 11.5. The van der Waals surface area contributed by atoms with E-state index in [0.717, 1.165) is 11.1 Å². The molecule has 4 atom stereocenters. The van der Waals surface area contributed by atoms with E-state index < -0.39 is 48.0 Å². The molecule has 0 saturated heterocycles. The zero-order chi connectivity index (χ0) is 32.3. The van der Waals surface area contributed by atoms with Gasteiger partial charge in [-0.3, -0.25) is 19.3 Å². The lowest BCUT2D eigenvalue weighted by Gasteiger charge is -2.33. The first kappa shape index (κ1) is 35.3. The number of methoxy groups -OCH3 is 2. The molecule has 0 aliphatic heterocycles. The Hall–Kier alpha value is -3.92. The van der Waals surface area contributed by atoms with Gasteiger partial charge in [0.2, 0.25) is 5.91 Å². The van der Waals surface area contributed by atoms with Crippen LogP contribution in [0.2, 0.25) is 0 Å². The third-order valence-corrected chi connectivity index (χ3v) is 7.38. The molecule has 0 fully saturated rings. The molecule has 2 amide bonds. The van der Waals surface area contributed by atoms with Gasteiger partial charge in [-0.2, -0.15) is 0 Å². The fourth-order valence-electron chi connectivity index (χ4n) is 4.63. The minimum Gasteiger partial charge on any atom is -0.497 e. The molecule has 2 rings (SSSR count). The molecule has 1 N–H and O–H groups in total. The molecule has 0 saturated carbocycles. The quantitative estimate of drug-likeness (QED) is 0.312. The SMILES string of the molecule is COC(=O)[C@H](Cc1ccc(OC)cc1)N(C)C(=O)[C@@H](NC(=O)C(OC(=O)[C@H](Cc1ccccc1)N(C)C)C(C)C)C(C)C. The molecule has 0 radical (unpaired) electrons. The average molecular weight is 598 g/mol. The second kappa shape index (κ2) is 16.6. The highest BCUT2D eigenvalue weighted by molar-refractivity contribution is 5.93. The molecule has 43 heavy (non-hydrogen) atoms. The number of hydrogen-bond acceptors (Lipinski definition) is 8. The lowest BCUT2D eigenvalue weighted by atomic mass is 9.98. The number of likely N-dealkylation sites (N-methyl/N-ethyl adjacent to an activating group) is 2. The van der Waals surface area contributed by atoms with Crippen molar-refractivity contribution in [2.45, 2.75) is 64.8 Å². The lowest BCUT2D eigenvalue weighted by Crippen LogP contribution is -2.57. The first-order valence-electron chi connectivity index (χ1n) is 14.5. The topological polar surface area (TPSA) is 114 Å². The van der Waals surface area contributed by atoms with E-state index in [2.05, 4.69) is 5.32 Å². The fourth-order valence-corrected chi connectivity index (χ4v) is 4.63. The Bertz CT molecular complexity index is 1200. The summed E-state index contributed by atoms with van der Waals surface area (Å²) in [5.41, 5.74) is 1.77. The van der Waals surface area contributed by atoms with Gasteiger partial charge in [0.1, 0.15) is 23.9 Å². The van der Waals surface area contributed by atoms with E-state index in [9.17, 15) is 19.2 Å². The van der Waals surface area contributed by atoms with Crippen molar-refractivity contribution in [1.29, 1.82) is 0 Å². The smallest absolute Gasteiger partial charge is 0.328 e. The second-order valence-corrected chi connectivity index (χ2v) is 11.5. The summed E-state index contributed by atoms with van der Waals surface area (Å²) in [6, 6.07) is 14.2. The minimum absolute atomic E-state index is 0.206. The van der Waals surface area contributed by atoms with Crippen LogP contribution < -0.4 is 10.1 Å². The third-order valence-electron chi connectivity index (χ3n) is 7.38. The monoisotopic (exact) mass is 597 g/mol. The summed E-state index contributed by atoms with van der Waals surface area (Å²) in [4.78, 5) is 56.5. The van der Waals surface area contributed by atoms with Gasteiger partial charge in [-0.15, -0.1) is 0 Å². The van der Waals surface area contributed by atoms with Gasteiger partial charge in [-0.25, -0.2) is 4.79 Å². The summed E-state index contributed by atoms with van der Waals surface area (Å²) >= 11 is 0. The van der Waals surface area contributed by atoms with Crippen molar-refractivity contribution in [1.82, 2.24) is 15.1 Å². The number of carbonyl (C=O) groups excluding carboxylic acids is 4. The van der Waals surface area contributed by atoms with Gasteiger partial charge >= 0.3 is 11.9 Å². The average Bonchev–Trinajstić information content (AvgIpc) is 2.99. The van der Waals surface area contributed by atoms with Crippen LogP contribution in [0.1, 0.15) is 38.8 Å². The van der Waals surface area contributed by atoms with E-state index in [0.29, 0.717) is 12.2 Å². The van der Waals surface area contributed by atoms with Crippen molar-refractivity contribution in [3.05, 3.63) is 65.7 Å². The van der Waals surface area contributed by atoms with E-state index in [4.69, 9.17) is 14.2 Å². The Morgan fingerprint density at radius 3 is 1.79 bits per heavy atom. The van der Waals surface area contributed by atoms with Gasteiger partial charge in [0.25, 0.3) is 5.91 Å². The van der Waals surface area contributed by atoms with Gasteiger partial charge in [-0.05, 0) is 55.6 Å². The van der Waals surface area contributed by atoms with E-state index in [-0.39, 0.29) is 18.3 Å². The molecule has 0 spiro atoms. The Morgan fingerprint density at radius 1 is 0.744 bits per heavy atom. The molecule has 0 aliphatic carbocycles. The van der Waals surface area contributed by atoms with Crippen LogP contribution >= 0.6 is 0 Å². The molecular weight excluding hydrogens is 550 g/mol. The zero-order valence-corrected chi connectivity index (χ0v) is 26.8. The van der Waals surface area contributed by atoms with E-state index in [1.54, 1.807) is 65.9 Å². The normalized spacial score (nSPS) is 14.0. The maximum atomic E-state index is 13.8. The lowest BCUT2D eigenvalue weighted by molar-refractivity contribution is -0.164. The predicted molar refractivity (Wildman–Crippen MR) is 164 cm³/mol. The maximum absolute atomic E-state index is 13.8. The van der Waals surface area contributed by atoms with Crippen molar-refractivity contribution in [2.24, 2.45) is 11.8 Å². The van der Waals surface area contributed by atoms with Crippen LogP contribution in [0, 0.1) is 11.8 Å². The van der Waals surface area contributed by atoms with Crippen molar-refractivity contribution in [2.75, 3.05) is 35.4 Å². The molecule has 10 nitrogen and oxygen atoms in total. The van der Waals surface area contributed by atoms with Gasteiger partial charge in [-0.1, -0.05) is 70.2 Å². The number of nitrogens with zero attached hydrogens (tertiary/aromatic N) is 2. The molecule has 2 aromatic rings. The largest absolute Gasteiger partial charge is 0.497 e. The van der Waals surface area contributed by atoms with Crippen LogP contribution in [-0.4, -0.2) is 93.1 Å². The number of esters is 2. The van der Waals surface area contributed by atoms with Crippen LogP contribution in [0.5, 0.6) is 5.75 Å². The Balaban J connectivity index is 2.22. The minimum atomic E-state index is -1.12. The standard InChI is InChI=1S/C33H47N3O7/c1-21(2)28(31(38)36(7)27(32(39)42-9)20-24-15-17-25(41-8)18-16-24)34-30(37)29(22(3)4)43-33(40)26(35(5)6)19-23-13-11-10-12-14-23/h10-18,21-22,26-29H,19-20H2,1-9H3,(H,34,37)/t26-,27-,28-,29?/m0/s1. The summed E-state index contributed by atoms with van der Waals surface area (Å²) in [7, 11) is 7.91. The van der Waals surface area contributed by atoms with Crippen molar-refractivity contribution >= 4 is 23.8 Å². The third kappa shape index (κ3) is 10.1. The maximum Gasteiger partial charge on any atom is 0.328 e. The summed E-state index contributed by atoms with van der Waals surface area (Å²) in [6.45, 7) is 7.15. The molecule has 0 aliphatic rings. The number of rotatable bonds is 15. The van der Waals surface area contributed by atoms with Gasteiger partial charge in [0, 0.05) is 13.5 Å². The van der Waals surface area contributed by atoms with Crippen molar-refractivity contribution in [3.8, 4) is 5.75 Å². The molecule has 0 aromatic heterocycles. The Labute approximate surface area is 255 Å². The van der Waals surface area contributed by atoms with E-state index in [1.807, 2.05) is 42.5 Å². The van der Waals surface area contributed by atoms with Crippen LogP contribution in [0.15, 0.2) is 54.6 Å². The number of hydrogen-bond donors (Lipinski definition) is 1. The first-order valence-corrected chi connectivity index (χ1v) is 14.5.